The topological polar surface area (TPSA) is 63.6 Å². The van der Waals surface area contributed by atoms with Crippen molar-refractivity contribution in [1.82, 2.24) is 0 Å². The molecule has 19 heavy (non-hydrogen) atoms. The highest BCUT2D eigenvalue weighted by Gasteiger charge is 2.26. The molecule has 1 rings (SSSR count). The molecule has 0 saturated heterocycles. The van der Waals surface area contributed by atoms with E-state index in [9.17, 15) is 9.59 Å². The van der Waals surface area contributed by atoms with E-state index in [2.05, 4.69) is 0 Å². The van der Waals surface area contributed by atoms with Crippen LogP contribution in [0.5, 0.6) is 0 Å². The van der Waals surface area contributed by atoms with Gasteiger partial charge in [0.2, 0.25) is 0 Å². The van der Waals surface area contributed by atoms with Crippen molar-refractivity contribution >= 4 is 23.5 Å². The van der Waals surface area contributed by atoms with Gasteiger partial charge in [0.25, 0.3) is 0 Å². The van der Waals surface area contributed by atoms with Gasteiger partial charge in [-0.3, -0.25) is 9.59 Å². The van der Waals surface area contributed by atoms with Gasteiger partial charge >= 0.3 is 11.9 Å². The number of hydrogen-bond acceptors (Lipinski definition) is 3. The predicted octanol–water partition coefficient (Wildman–Crippen LogP) is 2.93. The second-order valence-electron chi connectivity index (χ2n) is 4.13. The molecule has 1 atom stereocenters. The number of carboxylic acids is 1. The van der Waals surface area contributed by atoms with E-state index in [0.29, 0.717) is 17.9 Å². The van der Waals surface area contributed by atoms with E-state index in [1.165, 1.54) is 0 Å². The summed E-state index contributed by atoms with van der Waals surface area (Å²) >= 11 is 6.01. The zero-order valence-corrected chi connectivity index (χ0v) is 11.5. The molecule has 0 saturated carbocycles. The highest BCUT2D eigenvalue weighted by Crippen LogP contribution is 2.19. The third kappa shape index (κ3) is 4.91. The number of aliphatic carboxylic acids is 1. The molecule has 0 aliphatic heterocycles. The Hall–Kier alpha value is -1.55. The molecular formula is C14H17ClO4. The Labute approximate surface area is 117 Å². The van der Waals surface area contributed by atoms with E-state index in [0.717, 1.165) is 5.56 Å². The highest BCUT2D eigenvalue weighted by atomic mass is 35.5. The molecule has 1 aromatic carbocycles. The number of hydrogen-bond donors (Lipinski definition) is 1. The normalized spacial score (nSPS) is 11.9. The summed E-state index contributed by atoms with van der Waals surface area (Å²) in [5.74, 6) is -2.91. The maximum atomic E-state index is 11.5. The lowest BCUT2D eigenvalue weighted by Gasteiger charge is -2.11. The van der Waals surface area contributed by atoms with E-state index in [1.807, 2.05) is 18.2 Å². The minimum atomic E-state index is -1.14. The van der Waals surface area contributed by atoms with Crippen LogP contribution in [0.1, 0.15) is 25.3 Å². The van der Waals surface area contributed by atoms with Crippen LogP contribution in [0, 0.1) is 5.92 Å². The van der Waals surface area contributed by atoms with Crippen LogP contribution in [0.3, 0.4) is 0 Å². The minimum Gasteiger partial charge on any atom is -0.481 e. The molecule has 1 aromatic rings. The fourth-order valence-electron chi connectivity index (χ4n) is 1.78. The van der Waals surface area contributed by atoms with Crippen molar-refractivity contribution in [3.8, 4) is 0 Å². The molecule has 1 unspecified atom stereocenters. The highest BCUT2D eigenvalue weighted by molar-refractivity contribution is 6.31. The summed E-state index contributed by atoms with van der Waals surface area (Å²) in [5.41, 5.74) is 0.956. The van der Waals surface area contributed by atoms with E-state index >= 15 is 0 Å². The van der Waals surface area contributed by atoms with Crippen LogP contribution in [0.4, 0.5) is 0 Å². The summed E-state index contributed by atoms with van der Waals surface area (Å²) in [7, 11) is 0. The van der Waals surface area contributed by atoms with Gasteiger partial charge in [0, 0.05) is 5.02 Å². The summed E-state index contributed by atoms with van der Waals surface area (Å²) in [4.78, 5) is 22.5. The molecule has 0 aromatic heterocycles. The molecule has 5 heteroatoms. The van der Waals surface area contributed by atoms with Gasteiger partial charge in [0.15, 0.2) is 5.92 Å². The predicted molar refractivity (Wildman–Crippen MR) is 72.1 cm³/mol. The molecular weight excluding hydrogens is 268 g/mol. The summed E-state index contributed by atoms with van der Waals surface area (Å²) in [6, 6.07) is 7.39. The van der Waals surface area contributed by atoms with Crippen LogP contribution >= 0.6 is 11.6 Å². The zero-order chi connectivity index (χ0) is 14.3. The standard InChI is InChI=1S/C14H17ClO4/c1-2-19-14(18)11(13(16)17)8-5-7-10-6-3-4-9-12(10)15/h3-4,6,9,11H,2,5,7-8H2,1H3,(H,16,17). The summed E-state index contributed by atoms with van der Waals surface area (Å²) in [5, 5.41) is 9.65. The van der Waals surface area contributed by atoms with E-state index < -0.39 is 17.9 Å². The first-order valence-corrected chi connectivity index (χ1v) is 6.57. The first kappa shape index (κ1) is 15.5. The fourth-order valence-corrected chi connectivity index (χ4v) is 2.01. The molecule has 0 aliphatic carbocycles. The van der Waals surface area contributed by atoms with E-state index in [4.69, 9.17) is 21.4 Å². The summed E-state index contributed by atoms with van der Waals surface area (Å²) in [6.07, 6.45) is 1.46. The van der Waals surface area contributed by atoms with Crippen LogP contribution in [0.15, 0.2) is 24.3 Å². The molecule has 0 spiro atoms. The van der Waals surface area contributed by atoms with Crippen LogP contribution < -0.4 is 0 Å². The minimum absolute atomic E-state index is 0.188. The molecule has 0 amide bonds. The number of esters is 1. The van der Waals surface area contributed by atoms with Crippen molar-refractivity contribution in [2.24, 2.45) is 5.92 Å². The molecule has 0 radical (unpaired) electrons. The van der Waals surface area contributed by atoms with Crippen molar-refractivity contribution in [2.75, 3.05) is 6.61 Å². The molecule has 0 heterocycles. The zero-order valence-electron chi connectivity index (χ0n) is 10.8. The van der Waals surface area contributed by atoms with Crippen LogP contribution in [-0.2, 0) is 20.7 Å². The Morgan fingerprint density at radius 3 is 2.63 bits per heavy atom. The van der Waals surface area contributed by atoms with Gasteiger partial charge in [-0.05, 0) is 37.8 Å². The van der Waals surface area contributed by atoms with Crippen molar-refractivity contribution in [1.29, 1.82) is 0 Å². The Kier molecular flexibility index (Phi) is 6.36. The average Bonchev–Trinajstić information content (AvgIpc) is 2.36. The molecule has 0 bridgehead atoms. The van der Waals surface area contributed by atoms with Gasteiger partial charge in [0.1, 0.15) is 0 Å². The van der Waals surface area contributed by atoms with Crippen LogP contribution in [0.25, 0.3) is 0 Å². The van der Waals surface area contributed by atoms with Crippen molar-refractivity contribution in [2.45, 2.75) is 26.2 Å². The van der Waals surface area contributed by atoms with Gasteiger partial charge in [-0.2, -0.15) is 0 Å². The molecule has 0 aliphatic rings. The number of aryl methyl sites for hydroxylation is 1. The number of carbonyl (C=O) groups is 2. The molecule has 0 fully saturated rings. The number of halogens is 1. The first-order valence-electron chi connectivity index (χ1n) is 6.19. The largest absolute Gasteiger partial charge is 0.481 e. The van der Waals surface area contributed by atoms with Gasteiger partial charge in [-0.1, -0.05) is 29.8 Å². The Bertz CT molecular complexity index is 445. The maximum absolute atomic E-state index is 11.5. The quantitative estimate of drug-likeness (QED) is 0.618. The lowest BCUT2D eigenvalue weighted by atomic mass is 9.99. The number of rotatable bonds is 7. The second-order valence-corrected chi connectivity index (χ2v) is 4.53. The lowest BCUT2D eigenvalue weighted by Crippen LogP contribution is -2.26. The molecule has 1 N–H and O–H groups in total. The maximum Gasteiger partial charge on any atom is 0.320 e. The van der Waals surface area contributed by atoms with E-state index in [-0.39, 0.29) is 13.0 Å². The number of carboxylic acid groups (broad SMARTS) is 1. The smallest absolute Gasteiger partial charge is 0.320 e. The van der Waals surface area contributed by atoms with Gasteiger partial charge in [-0.15, -0.1) is 0 Å². The fraction of sp³-hybridized carbons (Fsp3) is 0.429. The third-order valence-corrected chi connectivity index (χ3v) is 3.13. The van der Waals surface area contributed by atoms with Crippen molar-refractivity contribution < 1.29 is 19.4 Å². The SMILES string of the molecule is CCOC(=O)C(CCCc1ccccc1Cl)C(=O)O. The monoisotopic (exact) mass is 284 g/mol. The second kappa shape index (κ2) is 7.79. The van der Waals surface area contributed by atoms with Gasteiger partial charge < -0.3 is 9.84 Å². The van der Waals surface area contributed by atoms with E-state index in [1.54, 1.807) is 13.0 Å². The Morgan fingerprint density at radius 2 is 2.05 bits per heavy atom. The number of ether oxygens (including phenoxy) is 1. The van der Waals surface area contributed by atoms with Gasteiger partial charge in [-0.25, -0.2) is 0 Å². The average molecular weight is 285 g/mol. The summed E-state index contributed by atoms with van der Waals surface area (Å²) < 4.78 is 4.75. The molecule has 4 nitrogen and oxygen atoms in total. The van der Waals surface area contributed by atoms with Gasteiger partial charge in [0.05, 0.1) is 6.61 Å². The van der Waals surface area contributed by atoms with Crippen LogP contribution in [-0.4, -0.2) is 23.7 Å². The lowest BCUT2D eigenvalue weighted by molar-refractivity contribution is -0.158. The first-order chi connectivity index (χ1) is 9.06. The molecule has 104 valence electrons. The number of carbonyl (C=O) groups excluding carboxylic acids is 1. The van der Waals surface area contributed by atoms with Crippen LogP contribution in [0.2, 0.25) is 5.02 Å². The third-order valence-electron chi connectivity index (χ3n) is 2.77. The van der Waals surface area contributed by atoms with Crippen molar-refractivity contribution in [3.05, 3.63) is 34.9 Å². The van der Waals surface area contributed by atoms with Crippen molar-refractivity contribution in [3.63, 3.8) is 0 Å². The summed E-state index contributed by atoms with van der Waals surface area (Å²) in [6.45, 7) is 1.84. The Balaban J connectivity index is 2.51. The Morgan fingerprint density at radius 1 is 1.37 bits per heavy atom. The number of benzene rings is 1.